The molecule has 0 aliphatic rings. The van der Waals surface area contributed by atoms with Gasteiger partial charge in [0.15, 0.2) is 11.5 Å². The molecule has 0 unspecified atom stereocenters. The van der Waals surface area contributed by atoms with Gasteiger partial charge in [0, 0.05) is 0 Å². The average molecular weight is 234 g/mol. The quantitative estimate of drug-likeness (QED) is 0.683. The van der Waals surface area contributed by atoms with E-state index in [2.05, 4.69) is 32.9 Å². The lowest BCUT2D eigenvalue weighted by Crippen LogP contribution is -1.98. The van der Waals surface area contributed by atoms with Crippen LogP contribution in [-0.4, -0.2) is 13.7 Å². The fourth-order valence-corrected chi connectivity index (χ4v) is 1.55. The van der Waals surface area contributed by atoms with Crippen LogP contribution in [-0.2, 0) is 0 Å². The molecule has 0 N–H and O–H groups in total. The lowest BCUT2D eigenvalue weighted by Gasteiger charge is -2.11. The van der Waals surface area contributed by atoms with E-state index < -0.39 is 0 Å². The first kappa shape index (κ1) is 13.6. The monoisotopic (exact) mass is 234 g/mol. The van der Waals surface area contributed by atoms with Gasteiger partial charge in [0.1, 0.15) is 0 Å². The normalized spacial score (nSPS) is 9.88. The number of hydrogen-bond acceptors (Lipinski definition) is 2. The SMILES string of the molecule is CCCCOc1ccc(C=C(C)C)cc1OC. The molecule has 2 nitrogen and oxygen atoms in total. The zero-order valence-corrected chi connectivity index (χ0v) is 11.2. The van der Waals surface area contributed by atoms with E-state index in [0.717, 1.165) is 36.5 Å². The van der Waals surface area contributed by atoms with Crippen LogP contribution < -0.4 is 9.47 Å². The molecule has 0 amide bonds. The zero-order chi connectivity index (χ0) is 12.7. The van der Waals surface area contributed by atoms with Gasteiger partial charge in [-0.2, -0.15) is 0 Å². The van der Waals surface area contributed by atoms with Gasteiger partial charge in [0.05, 0.1) is 13.7 Å². The number of benzene rings is 1. The molecule has 0 heterocycles. The summed E-state index contributed by atoms with van der Waals surface area (Å²) in [6.07, 6.45) is 4.33. The Balaban J connectivity index is 2.82. The second kappa shape index (κ2) is 7.00. The number of hydrogen-bond donors (Lipinski definition) is 0. The van der Waals surface area contributed by atoms with Crippen molar-refractivity contribution in [3.8, 4) is 11.5 Å². The van der Waals surface area contributed by atoms with Crippen LogP contribution in [0.3, 0.4) is 0 Å². The predicted molar refractivity (Wildman–Crippen MR) is 72.7 cm³/mol. The predicted octanol–water partition coefficient (Wildman–Crippen LogP) is 4.30. The van der Waals surface area contributed by atoms with Gasteiger partial charge in [-0.05, 0) is 38.0 Å². The van der Waals surface area contributed by atoms with E-state index in [9.17, 15) is 0 Å². The van der Waals surface area contributed by atoms with Crippen LogP contribution in [0.2, 0.25) is 0 Å². The molecule has 0 saturated carbocycles. The average Bonchev–Trinajstić information content (AvgIpc) is 2.30. The summed E-state index contributed by atoms with van der Waals surface area (Å²) in [7, 11) is 1.67. The standard InChI is InChI=1S/C15H22O2/c1-5-6-9-17-14-8-7-13(10-12(2)3)11-15(14)16-4/h7-8,10-11H,5-6,9H2,1-4H3. The smallest absolute Gasteiger partial charge is 0.161 e. The van der Waals surface area contributed by atoms with Crippen LogP contribution in [0, 0.1) is 0 Å². The molecular weight excluding hydrogens is 212 g/mol. The molecule has 2 heteroatoms. The lowest BCUT2D eigenvalue weighted by molar-refractivity contribution is 0.288. The number of rotatable bonds is 6. The highest BCUT2D eigenvalue weighted by Gasteiger charge is 2.04. The van der Waals surface area contributed by atoms with Crippen molar-refractivity contribution < 1.29 is 9.47 Å². The second-order valence-corrected chi connectivity index (χ2v) is 4.33. The minimum atomic E-state index is 0.745. The molecule has 17 heavy (non-hydrogen) atoms. The topological polar surface area (TPSA) is 18.5 Å². The minimum absolute atomic E-state index is 0.745. The summed E-state index contributed by atoms with van der Waals surface area (Å²) in [6.45, 7) is 7.06. The fraction of sp³-hybridized carbons (Fsp3) is 0.467. The van der Waals surface area contributed by atoms with Crippen LogP contribution in [0.5, 0.6) is 11.5 Å². The molecule has 0 fully saturated rings. The first-order valence-electron chi connectivity index (χ1n) is 6.13. The van der Waals surface area contributed by atoms with Crippen molar-refractivity contribution in [1.29, 1.82) is 0 Å². The molecule has 0 aromatic heterocycles. The highest BCUT2D eigenvalue weighted by atomic mass is 16.5. The van der Waals surface area contributed by atoms with Crippen LogP contribution >= 0.6 is 0 Å². The zero-order valence-electron chi connectivity index (χ0n) is 11.2. The molecule has 1 aromatic rings. The van der Waals surface area contributed by atoms with Gasteiger partial charge in [-0.25, -0.2) is 0 Å². The second-order valence-electron chi connectivity index (χ2n) is 4.33. The van der Waals surface area contributed by atoms with Crippen LogP contribution in [0.4, 0.5) is 0 Å². The number of unbranched alkanes of at least 4 members (excludes halogenated alkanes) is 1. The molecule has 0 atom stereocenters. The fourth-order valence-electron chi connectivity index (χ4n) is 1.55. The van der Waals surface area contributed by atoms with E-state index in [1.165, 1.54) is 5.57 Å². The molecule has 0 spiro atoms. The lowest BCUT2D eigenvalue weighted by atomic mass is 10.1. The summed E-state index contributed by atoms with van der Waals surface area (Å²) in [5.74, 6) is 1.63. The minimum Gasteiger partial charge on any atom is -0.493 e. The molecule has 0 aliphatic heterocycles. The van der Waals surface area contributed by atoms with E-state index in [1.807, 2.05) is 12.1 Å². The summed E-state index contributed by atoms with van der Waals surface area (Å²) >= 11 is 0. The summed E-state index contributed by atoms with van der Waals surface area (Å²) in [4.78, 5) is 0. The van der Waals surface area contributed by atoms with E-state index in [4.69, 9.17) is 9.47 Å². The van der Waals surface area contributed by atoms with Crippen molar-refractivity contribution in [1.82, 2.24) is 0 Å². The first-order chi connectivity index (χ1) is 8.17. The van der Waals surface area contributed by atoms with Gasteiger partial charge in [0.2, 0.25) is 0 Å². The molecular formula is C15H22O2. The van der Waals surface area contributed by atoms with Gasteiger partial charge < -0.3 is 9.47 Å². The van der Waals surface area contributed by atoms with E-state index in [-0.39, 0.29) is 0 Å². The van der Waals surface area contributed by atoms with Gasteiger partial charge in [-0.3, -0.25) is 0 Å². The summed E-state index contributed by atoms with van der Waals surface area (Å²) < 4.78 is 11.0. The van der Waals surface area contributed by atoms with Crippen molar-refractivity contribution in [2.45, 2.75) is 33.6 Å². The van der Waals surface area contributed by atoms with Crippen LogP contribution in [0.1, 0.15) is 39.2 Å². The van der Waals surface area contributed by atoms with Gasteiger partial charge in [0.25, 0.3) is 0 Å². The van der Waals surface area contributed by atoms with E-state index >= 15 is 0 Å². The Morgan fingerprint density at radius 3 is 2.59 bits per heavy atom. The third-order valence-corrected chi connectivity index (χ3v) is 2.40. The van der Waals surface area contributed by atoms with Crippen molar-refractivity contribution in [2.24, 2.45) is 0 Å². The highest BCUT2D eigenvalue weighted by molar-refractivity contribution is 5.57. The largest absolute Gasteiger partial charge is 0.493 e. The van der Waals surface area contributed by atoms with Crippen molar-refractivity contribution in [3.63, 3.8) is 0 Å². The number of methoxy groups -OCH3 is 1. The van der Waals surface area contributed by atoms with Gasteiger partial charge >= 0.3 is 0 Å². The van der Waals surface area contributed by atoms with Crippen molar-refractivity contribution >= 4 is 6.08 Å². The van der Waals surface area contributed by atoms with Crippen LogP contribution in [0.15, 0.2) is 23.8 Å². The van der Waals surface area contributed by atoms with Crippen molar-refractivity contribution in [3.05, 3.63) is 29.3 Å². The molecule has 0 saturated heterocycles. The Kier molecular flexibility index (Phi) is 5.61. The van der Waals surface area contributed by atoms with Gasteiger partial charge in [-0.15, -0.1) is 0 Å². The highest BCUT2D eigenvalue weighted by Crippen LogP contribution is 2.29. The molecule has 94 valence electrons. The van der Waals surface area contributed by atoms with Gasteiger partial charge in [-0.1, -0.05) is 31.1 Å². The van der Waals surface area contributed by atoms with E-state index in [1.54, 1.807) is 7.11 Å². The molecule has 1 aromatic carbocycles. The Labute approximate surface area is 104 Å². The Morgan fingerprint density at radius 1 is 1.24 bits per heavy atom. The Morgan fingerprint density at radius 2 is 2.00 bits per heavy atom. The maximum atomic E-state index is 5.68. The summed E-state index contributed by atoms with van der Waals surface area (Å²) in [5.41, 5.74) is 2.41. The Hall–Kier alpha value is -1.44. The number of ether oxygens (including phenoxy) is 2. The first-order valence-corrected chi connectivity index (χ1v) is 6.13. The van der Waals surface area contributed by atoms with Crippen LogP contribution in [0.25, 0.3) is 6.08 Å². The number of allylic oxidation sites excluding steroid dienone is 1. The molecule has 0 radical (unpaired) electrons. The van der Waals surface area contributed by atoms with Crippen molar-refractivity contribution in [2.75, 3.05) is 13.7 Å². The maximum absolute atomic E-state index is 5.68. The Bertz CT molecular complexity index is 377. The molecule has 0 aliphatic carbocycles. The summed E-state index contributed by atoms with van der Waals surface area (Å²) in [6, 6.07) is 6.04. The molecule has 0 bridgehead atoms. The molecule has 1 rings (SSSR count). The maximum Gasteiger partial charge on any atom is 0.161 e. The summed E-state index contributed by atoms with van der Waals surface area (Å²) in [5, 5.41) is 0. The third kappa shape index (κ3) is 4.51. The van der Waals surface area contributed by atoms with E-state index in [0.29, 0.717) is 0 Å². The third-order valence-electron chi connectivity index (χ3n) is 2.40.